The molecule has 0 saturated carbocycles. The highest BCUT2D eigenvalue weighted by Crippen LogP contribution is 2.34. The van der Waals surface area contributed by atoms with Crippen LogP contribution in [0.15, 0.2) is 54.6 Å². The standard InChI is InChI=1S/C23H26N4O3/c1-17-11-13-25(14-12-17)21(28)15-26-19-9-5-6-10-20(19)27(16-22(26)29)23(30)24-18-7-3-2-4-8-18/h2-10,17H,11-16H2,1H3,(H,24,30). The van der Waals surface area contributed by atoms with E-state index in [2.05, 4.69) is 12.2 Å². The first-order valence-electron chi connectivity index (χ1n) is 10.3. The van der Waals surface area contributed by atoms with Crippen LogP contribution in [-0.4, -0.2) is 48.9 Å². The van der Waals surface area contributed by atoms with E-state index < -0.39 is 0 Å². The number of carbonyl (C=O) groups is 3. The number of rotatable bonds is 3. The fraction of sp³-hybridized carbons (Fsp3) is 0.348. The van der Waals surface area contributed by atoms with E-state index >= 15 is 0 Å². The first-order valence-corrected chi connectivity index (χ1v) is 10.3. The summed E-state index contributed by atoms with van der Waals surface area (Å²) in [6, 6.07) is 16.0. The third-order valence-electron chi connectivity index (χ3n) is 5.76. The van der Waals surface area contributed by atoms with Crippen molar-refractivity contribution < 1.29 is 14.4 Å². The molecule has 7 nitrogen and oxygen atoms in total. The monoisotopic (exact) mass is 406 g/mol. The van der Waals surface area contributed by atoms with Crippen LogP contribution in [0.3, 0.4) is 0 Å². The summed E-state index contributed by atoms with van der Waals surface area (Å²) >= 11 is 0. The molecule has 0 aliphatic carbocycles. The van der Waals surface area contributed by atoms with Gasteiger partial charge in [0.1, 0.15) is 13.1 Å². The lowest BCUT2D eigenvalue weighted by Crippen LogP contribution is -2.53. The van der Waals surface area contributed by atoms with Crippen molar-refractivity contribution in [2.45, 2.75) is 19.8 Å². The zero-order valence-corrected chi connectivity index (χ0v) is 17.1. The molecule has 156 valence electrons. The molecule has 2 aliphatic rings. The minimum absolute atomic E-state index is 0.00162. The normalized spacial score (nSPS) is 17.0. The van der Waals surface area contributed by atoms with Gasteiger partial charge in [0.05, 0.1) is 11.4 Å². The lowest BCUT2D eigenvalue weighted by Gasteiger charge is -2.37. The summed E-state index contributed by atoms with van der Waals surface area (Å²) in [6.07, 6.45) is 1.98. The SMILES string of the molecule is CC1CCN(C(=O)CN2C(=O)CN(C(=O)Nc3ccccc3)c3ccccc32)CC1. The number of hydrogen-bond donors (Lipinski definition) is 1. The lowest BCUT2D eigenvalue weighted by molar-refractivity contribution is -0.132. The second-order valence-corrected chi connectivity index (χ2v) is 7.91. The summed E-state index contributed by atoms with van der Waals surface area (Å²) in [5, 5.41) is 2.83. The van der Waals surface area contributed by atoms with Crippen molar-refractivity contribution in [1.29, 1.82) is 0 Å². The van der Waals surface area contributed by atoms with Crippen LogP contribution in [0.2, 0.25) is 0 Å². The topological polar surface area (TPSA) is 73.0 Å². The maximum Gasteiger partial charge on any atom is 0.326 e. The van der Waals surface area contributed by atoms with Crippen molar-refractivity contribution in [3.63, 3.8) is 0 Å². The number of para-hydroxylation sites is 3. The summed E-state index contributed by atoms with van der Waals surface area (Å²) in [5.41, 5.74) is 1.85. The minimum atomic E-state index is -0.377. The molecule has 4 amide bonds. The molecule has 1 fully saturated rings. The van der Waals surface area contributed by atoms with Crippen molar-refractivity contribution >= 4 is 34.9 Å². The average Bonchev–Trinajstić information content (AvgIpc) is 2.76. The predicted octanol–water partition coefficient (Wildman–Crippen LogP) is 3.33. The highest BCUT2D eigenvalue weighted by molar-refractivity contribution is 6.15. The number of urea groups is 1. The Morgan fingerprint density at radius 1 is 0.967 bits per heavy atom. The van der Waals surface area contributed by atoms with Gasteiger partial charge >= 0.3 is 6.03 Å². The number of anilines is 3. The summed E-state index contributed by atoms with van der Waals surface area (Å²) in [5.74, 6) is 0.311. The number of carbonyl (C=O) groups excluding carboxylic acids is 3. The number of nitrogens with one attached hydrogen (secondary N) is 1. The van der Waals surface area contributed by atoms with Crippen LogP contribution in [0.1, 0.15) is 19.8 Å². The highest BCUT2D eigenvalue weighted by Gasteiger charge is 2.34. The van der Waals surface area contributed by atoms with E-state index in [1.165, 1.54) is 9.80 Å². The Morgan fingerprint density at radius 3 is 2.30 bits per heavy atom. The van der Waals surface area contributed by atoms with E-state index in [0.29, 0.717) is 23.0 Å². The number of likely N-dealkylation sites (tertiary alicyclic amines) is 1. The zero-order valence-electron chi connectivity index (χ0n) is 17.1. The van der Waals surface area contributed by atoms with Gasteiger partial charge in [-0.2, -0.15) is 0 Å². The Hall–Kier alpha value is -3.35. The van der Waals surface area contributed by atoms with Crippen LogP contribution in [0.4, 0.5) is 21.9 Å². The molecule has 30 heavy (non-hydrogen) atoms. The van der Waals surface area contributed by atoms with Crippen LogP contribution in [0.25, 0.3) is 0 Å². The number of hydrogen-bond acceptors (Lipinski definition) is 3. The van der Waals surface area contributed by atoms with Crippen LogP contribution < -0.4 is 15.1 Å². The van der Waals surface area contributed by atoms with E-state index in [1.807, 2.05) is 35.2 Å². The van der Waals surface area contributed by atoms with E-state index in [9.17, 15) is 14.4 Å². The molecule has 2 aliphatic heterocycles. The smallest absolute Gasteiger partial charge is 0.326 e. The number of piperidine rings is 1. The van der Waals surface area contributed by atoms with Gasteiger partial charge in [-0.3, -0.25) is 19.4 Å². The van der Waals surface area contributed by atoms with Crippen LogP contribution in [0, 0.1) is 5.92 Å². The Bertz CT molecular complexity index is 938. The second-order valence-electron chi connectivity index (χ2n) is 7.91. The second kappa shape index (κ2) is 8.57. The summed E-state index contributed by atoms with van der Waals surface area (Å²) in [6.45, 7) is 3.55. The third-order valence-corrected chi connectivity index (χ3v) is 5.76. The molecular formula is C23H26N4O3. The molecule has 0 radical (unpaired) electrons. The third kappa shape index (κ3) is 4.15. The van der Waals surface area contributed by atoms with Gasteiger partial charge in [-0.1, -0.05) is 37.3 Å². The molecule has 2 heterocycles. The molecule has 0 bridgehead atoms. The summed E-state index contributed by atoms with van der Waals surface area (Å²) in [4.78, 5) is 43.4. The predicted molar refractivity (Wildman–Crippen MR) is 117 cm³/mol. The van der Waals surface area contributed by atoms with E-state index in [0.717, 1.165) is 25.9 Å². The number of amides is 4. The average molecular weight is 406 g/mol. The Labute approximate surface area is 176 Å². The molecule has 4 rings (SSSR count). The highest BCUT2D eigenvalue weighted by atomic mass is 16.2. The van der Waals surface area contributed by atoms with E-state index in [4.69, 9.17) is 0 Å². The van der Waals surface area contributed by atoms with Gasteiger partial charge in [0.25, 0.3) is 0 Å². The van der Waals surface area contributed by atoms with Gasteiger partial charge in [0.15, 0.2) is 0 Å². The molecule has 1 N–H and O–H groups in total. The van der Waals surface area contributed by atoms with Crippen LogP contribution in [-0.2, 0) is 9.59 Å². The number of fused-ring (bicyclic) bond motifs is 1. The molecule has 0 unspecified atom stereocenters. The Balaban J connectivity index is 1.52. The van der Waals surface area contributed by atoms with E-state index in [1.54, 1.807) is 24.3 Å². The van der Waals surface area contributed by atoms with Gasteiger partial charge in [-0.05, 0) is 43.0 Å². The van der Waals surface area contributed by atoms with Crippen LogP contribution in [0.5, 0.6) is 0 Å². The molecule has 0 aromatic heterocycles. The zero-order chi connectivity index (χ0) is 21.1. The maximum absolute atomic E-state index is 12.9. The van der Waals surface area contributed by atoms with Crippen LogP contribution >= 0.6 is 0 Å². The molecule has 2 aromatic carbocycles. The molecule has 2 aromatic rings. The fourth-order valence-electron chi connectivity index (χ4n) is 3.92. The molecule has 0 spiro atoms. The van der Waals surface area contributed by atoms with Gasteiger partial charge in [0, 0.05) is 18.8 Å². The van der Waals surface area contributed by atoms with Crippen molar-refractivity contribution in [2.24, 2.45) is 5.92 Å². The first-order chi connectivity index (χ1) is 14.5. The Kier molecular flexibility index (Phi) is 5.70. The summed E-state index contributed by atoms with van der Waals surface area (Å²) < 4.78 is 0. The van der Waals surface area contributed by atoms with Gasteiger partial charge in [0.2, 0.25) is 11.8 Å². The van der Waals surface area contributed by atoms with Crippen molar-refractivity contribution in [3.05, 3.63) is 54.6 Å². The largest absolute Gasteiger partial charge is 0.341 e. The quantitative estimate of drug-likeness (QED) is 0.850. The Morgan fingerprint density at radius 2 is 1.60 bits per heavy atom. The molecular weight excluding hydrogens is 380 g/mol. The van der Waals surface area contributed by atoms with Gasteiger partial charge < -0.3 is 10.2 Å². The number of benzene rings is 2. The first kappa shape index (κ1) is 19.9. The maximum atomic E-state index is 12.9. The van der Waals surface area contributed by atoms with Crippen molar-refractivity contribution in [2.75, 3.05) is 41.3 Å². The number of nitrogens with zero attached hydrogens (tertiary/aromatic N) is 3. The van der Waals surface area contributed by atoms with Gasteiger partial charge in [-0.15, -0.1) is 0 Å². The summed E-state index contributed by atoms with van der Waals surface area (Å²) in [7, 11) is 0. The molecule has 7 heteroatoms. The molecule has 0 atom stereocenters. The van der Waals surface area contributed by atoms with E-state index in [-0.39, 0.29) is 30.9 Å². The minimum Gasteiger partial charge on any atom is -0.341 e. The van der Waals surface area contributed by atoms with Crippen molar-refractivity contribution in [1.82, 2.24) is 4.90 Å². The van der Waals surface area contributed by atoms with Crippen molar-refractivity contribution in [3.8, 4) is 0 Å². The fourth-order valence-corrected chi connectivity index (χ4v) is 3.92. The molecule has 1 saturated heterocycles. The van der Waals surface area contributed by atoms with Gasteiger partial charge in [-0.25, -0.2) is 4.79 Å². The lowest BCUT2D eigenvalue weighted by atomic mass is 9.99.